The minimum absolute atomic E-state index is 0.465. The van der Waals surface area contributed by atoms with Crippen LogP contribution in [0.4, 0.5) is 0 Å². The molecule has 0 amide bonds. The first-order valence-electron chi connectivity index (χ1n) is 9.61. The van der Waals surface area contributed by atoms with Crippen LogP contribution in [0.2, 0.25) is 0 Å². The number of allylic oxidation sites excluding steroid dienone is 4. The van der Waals surface area contributed by atoms with Crippen LogP contribution in [-0.2, 0) is 0 Å². The molecule has 3 saturated carbocycles. The van der Waals surface area contributed by atoms with E-state index >= 15 is 0 Å². The topological polar surface area (TPSA) is 24.4 Å². The van der Waals surface area contributed by atoms with Crippen LogP contribution in [0.5, 0.6) is 0 Å². The van der Waals surface area contributed by atoms with E-state index in [4.69, 9.17) is 4.99 Å². The smallest absolute Gasteiger partial charge is 0.0298 e. The van der Waals surface area contributed by atoms with Gasteiger partial charge in [-0.15, -0.1) is 6.58 Å². The molecular weight excluding hydrogens is 304 g/mol. The normalized spacial score (nSPS) is 29.8. The quantitative estimate of drug-likeness (QED) is 0.286. The van der Waals surface area contributed by atoms with Gasteiger partial charge in [0.2, 0.25) is 0 Å². The third-order valence-electron chi connectivity index (χ3n) is 6.53. The summed E-state index contributed by atoms with van der Waals surface area (Å²) in [5.74, 6) is 0.578. The molecule has 0 aromatic carbocycles. The van der Waals surface area contributed by atoms with E-state index in [0.29, 0.717) is 16.7 Å². The highest BCUT2D eigenvalue weighted by molar-refractivity contribution is 5.83. The van der Waals surface area contributed by atoms with Crippen molar-refractivity contribution >= 4 is 5.71 Å². The lowest BCUT2D eigenvalue weighted by Gasteiger charge is -2.52. The van der Waals surface area contributed by atoms with Crippen molar-refractivity contribution in [3.63, 3.8) is 0 Å². The van der Waals surface area contributed by atoms with E-state index < -0.39 is 0 Å². The molecular formula is C23H36N2. The Morgan fingerprint density at radius 1 is 1.20 bits per heavy atom. The fourth-order valence-corrected chi connectivity index (χ4v) is 5.16. The fourth-order valence-electron chi connectivity index (χ4n) is 5.16. The zero-order valence-corrected chi connectivity index (χ0v) is 16.8. The molecule has 1 unspecified atom stereocenters. The van der Waals surface area contributed by atoms with Gasteiger partial charge in [0.1, 0.15) is 0 Å². The first kappa shape index (κ1) is 19.8. The maximum absolute atomic E-state index is 4.70. The highest BCUT2D eigenvalue weighted by atomic mass is 14.9. The summed E-state index contributed by atoms with van der Waals surface area (Å²) in [5.41, 5.74) is 5.68. The summed E-state index contributed by atoms with van der Waals surface area (Å²) in [6.07, 6.45) is 12.7. The molecule has 0 aromatic heterocycles. The van der Waals surface area contributed by atoms with Gasteiger partial charge in [-0.25, -0.2) is 0 Å². The third-order valence-corrected chi connectivity index (χ3v) is 6.53. The molecule has 0 aromatic rings. The Morgan fingerprint density at radius 2 is 1.88 bits per heavy atom. The first-order valence-corrected chi connectivity index (χ1v) is 9.61. The molecule has 0 radical (unpaired) electrons. The molecule has 0 spiro atoms. The number of aliphatic imine (C=N–C) groups is 1. The van der Waals surface area contributed by atoms with Crippen LogP contribution < -0.4 is 5.32 Å². The fraction of sp³-hybridized carbons (Fsp3) is 0.609. The summed E-state index contributed by atoms with van der Waals surface area (Å²) < 4.78 is 0. The summed E-state index contributed by atoms with van der Waals surface area (Å²) >= 11 is 0. The van der Waals surface area contributed by atoms with E-state index in [1.54, 1.807) is 0 Å². The molecule has 138 valence electrons. The lowest BCUT2D eigenvalue weighted by atomic mass is 9.53. The molecule has 2 heteroatoms. The van der Waals surface area contributed by atoms with Gasteiger partial charge >= 0.3 is 0 Å². The molecule has 3 rings (SSSR count). The van der Waals surface area contributed by atoms with Crippen molar-refractivity contribution in [1.82, 2.24) is 5.32 Å². The van der Waals surface area contributed by atoms with Crippen molar-refractivity contribution in [3.05, 3.63) is 48.9 Å². The summed E-state index contributed by atoms with van der Waals surface area (Å²) in [7, 11) is 2.01. The molecule has 2 nitrogen and oxygen atoms in total. The third kappa shape index (κ3) is 4.16. The molecule has 25 heavy (non-hydrogen) atoms. The highest BCUT2D eigenvalue weighted by Gasteiger charge is 2.63. The monoisotopic (exact) mass is 340 g/mol. The average molecular weight is 341 g/mol. The van der Waals surface area contributed by atoms with E-state index in [2.05, 4.69) is 38.9 Å². The molecule has 0 aliphatic heterocycles. The zero-order chi connectivity index (χ0) is 18.7. The SMILES string of the molecule is C=CCCC(C(=C)NC)C12CCC(C/C(C)=N/C=C(/C)C(=C)C)(C1)C2. The summed E-state index contributed by atoms with van der Waals surface area (Å²) in [6, 6.07) is 0. The maximum Gasteiger partial charge on any atom is 0.0298 e. The van der Waals surface area contributed by atoms with Crippen molar-refractivity contribution < 1.29 is 0 Å². The van der Waals surface area contributed by atoms with E-state index in [0.717, 1.165) is 18.4 Å². The molecule has 1 atom stereocenters. The summed E-state index contributed by atoms with van der Waals surface area (Å²) in [4.78, 5) is 4.70. The van der Waals surface area contributed by atoms with E-state index in [9.17, 15) is 0 Å². The van der Waals surface area contributed by atoms with Gasteiger partial charge in [0.05, 0.1) is 0 Å². The molecule has 3 aliphatic rings. The molecule has 3 fully saturated rings. The number of fused-ring (bicyclic) bond motifs is 1. The van der Waals surface area contributed by atoms with Gasteiger partial charge in [0.25, 0.3) is 0 Å². The average Bonchev–Trinajstić information content (AvgIpc) is 3.08. The minimum Gasteiger partial charge on any atom is -0.392 e. The Balaban J connectivity index is 2.03. The Labute approximate surface area is 154 Å². The first-order chi connectivity index (χ1) is 11.8. The lowest BCUT2D eigenvalue weighted by Crippen LogP contribution is -2.45. The second kappa shape index (κ2) is 7.76. The maximum atomic E-state index is 4.70. The van der Waals surface area contributed by atoms with Crippen molar-refractivity contribution in [2.24, 2.45) is 21.7 Å². The van der Waals surface area contributed by atoms with Crippen LogP contribution in [-0.4, -0.2) is 12.8 Å². The van der Waals surface area contributed by atoms with Gasteiger partial charge in [-0.3, -0.25) is 4.99 Å². The molecule has 0 saturated heterocycles. The van der Waals surface area contributed by atoms with Gasteiger partial charge in [-0.1, -0.05) is 24.8 Å². The van der Waals surface area contributed by atoms with Crippen LogP contribution in [0.3, 0.4) is 0 Å². The second-order valence-electron chi connectivity index (χ2n) is 8.54. The molecule has 0 heterocycles. The van der Waals surface area contributed by atoms with Crippen LogP contribution in [0.1, 0.15) is 65.7 Å². The van der Waals surface area contributed by atoms with Gasteiger partial charge in [0.15, 0.2) is 0 Å². The predicted molar refractivity (Wildman–Crippen MR) is 111 cm³/mol. The van der Waals surface area contributed by atoms with Crippen LogP contribution in [0, 0.1) is 16.7 Å². The van der Waals surface area contributed by atoms with Gasteiger partial charge in [-0.05, 0) is 82.1 Å². The summed E-state index contributed by atoms with van der Waals surface area (Å²) in [5, 5.41) is 3.33. The number of hydrogen-bond acceptors (Lipinski definition) is 2. The van der Waals surface area contributed by atoms with Crippen molar-refractivity contribution in [2.75, 3.05) is 7.05 Å². The van der Waals surface area contributed by atoms with E-state index in [1.807, 2.05) is 26.2 Å². The van der Waals surface area contributed by atoms with Crippen molar-refractivity contribution in [2.45, 2.75) is 65.7 Å². The molecule has 3 aliphatic carbocycles. The Hall–Kier alpha value is -1.57. The Morgan fingerprint density at radius 3 is 2.44 bits per heavy atom. The highest BCUT2D eigenvalue weighted by Crippen LogP contribution is 2.72. The van der Waals surface area contributed by atoms with Crippen LogP contribution in [0.15, 0.2) is 53.8 Å². The summed E-state index contributed by atoms with van der Waals surface area (Å²) in [6.45, 7) is 18.5. The van der Waals surface area contributed by atoms with Crippen LogP contribution in [0.25, 0.3) is 0 Å². The van der Waals surface area contributed by atoms with Gasteiger partial charge in [0, 0.05) is 30.6 Å². The van der Waals surface area contributed by atoms with Crippen LogP contribution >= 0.6 is 0 Å². The largest absolute Gasteiger partial charge is 0.392 e. The Kier molecular flexibility index (Phi) is 6.13. The zero-order valence-electron chi connectivity index (χ0n) is 16.8. The van der Waals surface area contributed by atoms with Crippen molar-refractivity contribution in [1.29, 1.82) is 0 Å². The number of hydrogen-bond donors (Lipinski definition) is 1. The van der Waals surface area contributed by atoms with Gasteiger partial charge < -0.3 is 5.32 Å². The molecule has 2 bridgehead atoms. The lowest BCUT2D eigenvalue weighted by molar-refractivity contribution is 0.00535. The standard InChI is InChI=1S/C23H36N2/c1-8-9-10-21(20(6)24-7)23-12-11-22(15-23,16-23)13-19(5)25-14-18(4)17(2)3/h8,14,21,24H,1-2,6,9-13,15-16H2,3-5,7H3/b18-14-,25-19+. The number of nitrogens with one attached hydrogen (secondary N) is 1. The molecule has 1 N–H and O–H groups in total. The van der Waals surface area contributed by atoms with Gasteiger partial charge in [-0.2, -0.15) is 0 Å². The Bertz CT molecular complexity index is 600. The van der Waals surface area contributed by atoms with E-state index in [1.165, 1.54) is 49.1 Å². The predicted octanol–water partition coefficient (Wildman–Crippen LogP) is 6.19. The number of rotatable bonds is 10. The number of nitrogens with zero attached hydrogens (tertiary/aromatic N) is 1. The van der Waals surface area contributed by atoms with Crippen molar-refractivity contribution in [3.8, 4) is 0 Å². The second-order valence-corrected chi connectivity index (χ2v) is 8.54. The minimum atomic E-state index is 0.465. The van der Waals surface area contributed by atoms with E-state index in [-0.39, 0.29) is 0 Å².